The number of aromatic nitrogens is 2. The zero-order valence-electron chi connectivity index (χ0n) is 10.1. The molecular weight excluding hydrogens is 238 g/mol. The molecule has 1 aromatic rings. The summed E-state index contributed by atoms with van der Waals surface area (Å²) in [4.78, 5) is 14.3. The van der Waals surface area contributed by atoms with Crippen molar-refractivity contribution in [2.75, 3.05) is 19.7 Å². The Morgan fingerprint density at radius 1 is 1.65 bits per heavy atom. The van der Waals surface area contributed by atoms with Crippen molar-refractivity contribution in [3.63, 3.8) is 0 Å². The Labute approximate surface area is 105 Å². The highest BCUT2D eigenvalue weighted by atomic mass is 32.1. The van der Waals surface area contributed by atoms with E-state index >= 15 is 0 Å². The van der Waals surface area contributed by atoms with Crippen molar-refractivity contribution < 1.29 is 9.90 Å². The van der Waals surface area contributed by atoms with E-state index in [0.29, 0.717) is 23.7 Å². The third-order valence-corrected chi connectivity index (χ3v) is 2.99. The maximum absolute atomic E-state index is 12.2. The summed E-state index contributed by atoms with van der Waals surface area (Å²) in [5.74, 6) is 0.0186. The lowest BCUT2D eigenvalue weighted by Crippen LogP contribution is -2.33. The van der Waals surface area contributed by atoms with Crippen molar-refractivity contribution in [2.24, 2.45) is 0 Å². The van der Waals surface area contributed by atoms with Crippen molar-refractivity contribution in [2.45, 2.75) is 19.8 Å². The fraction of sp³-hybridized carbons (Fsp3) is 0.545. The van der Waals surface area contributed by atoms with Crippen molar-refractivity contribution in [1.29, 1.82) is 0 Å². The van der Waals surface area contributed by atoms with Gasteiger partial charge in [-0.3, -0.25) is 4.79 Å². The zero-order valence-corrected chi connectivity index (χ0v) is 10.9. The van der Waals surface area contributed by atoms with Gasteiger partial charge in [0.05, 0.1) is 12.3 Å². The van der Waals surface area contributed by atoms with Crippen LogP contribution in [0.4, 0.5) is 0 Å². The third kappa shape index (κ3) is 3.34. The Kier molecular flexibility index (Phi) is 5.24. The highest BCUT2D eigenvalue weighted by Crippen LogP contribution is 2.21. The number of carbonyl (C=O) groups excluding carboxylic acids is 1. The van der Waals surface area contributed by atoms with E-state index in [1.54, 1.807) is 6.08 Å². The monoisotopic (exact) mass is 255 g/mol. The summed E-state index contributed by atoms with van der Waals surface area (Å²) < 4.78 is 3.82. The smallest absolute Gasteiger partial charge is 0.267 e. The predicted molar refractivity (Wildman–Crippen MR) is 67.2 cm³/mol. The minimum atomic E-state index is -0.141. The van der Waals surface area contributed by atoms with Crippen LogP contribution >= 0.6 is 11.5 Å². The summed E-state index contributed by atoms with van der Waals surface area (Å²) in [5, 5.41) is 12.9. The van der Waals surface area contributed by atoms with Crippen molar-refractivity contribution in [3.8, 4) is 0 Å². The van der Waals surface area contributed by atoms with Crippen LogP contribution in [0.2, 0.25) is 0 Å². The third-order valence-electron chi connectivity index (χ3n) is 2.26. The highest BCUT2D eigenvalue weighted by molar-refractivity contribution is 7.08. The van der Waals surface area contributed by atoms with Gasteiger partial charge in [-0.2, -0.15) is 0 Å². The van der Waals surface area contributed by atoms with Gasteiger partial charge in [-0.25, -0.2) is 0 Å². The second-order valence-corrected chi connectivity index (χ2v) is 4.66. The number of aliphatic hydroxyl groups is 1. The summed E-state index contributed by atoms with van der Waals surface area (Å²) in [5.41, 5.74) is 0.715. The summed E-state index contributed by atoms with van der Waals surface area (Å²) >= 11 is 1.10. The number of carbonyl (C=O) groups is 1. The highest BCUT2D eigenvalue weighted by Gasteiger charge is 2.22. The van der Waals surface area contributed by atoms with E-state index in [1.807, 2.05) is 13.8 Å². The Morgan fingerprint density at radius 2 is 2.35 bits per heavy atom. The molecule has 1 heterocycles. The van der Waals surface area contributed by atoms with E-state index < -0.39 is 0 Å². The van der Waals surface area contributed by atoms with Gasteiger partial charge in [0, 0.05) is 13.1 Å². The molecule has 1 rings (SSSR count). The molecule has 0 fully saturated rings. The second kappa shape index (κ2) is 6.46. The van der Waals surface area contributed by atoms with Crippen molar-refractivity contribution in [3.05, 3.63) is 23.2 Å². The van der Waals surface area contributed by atoms with Crippen LogP contribution in [0.15, 0.2) is 12.7 Å². The summed E-state index contributed by atoms with van der Waals surface area (Å²) in [7, 11) is 0. The van der Waals surface area contributed by atoms with Gasteiger partial charge in [-0.1, -0.05) is 24.4 Å². The zero-order chi connectivity index (χ0) is 12.8. The molecular formula is C11H17N3O2S. The number of hydrogen-bond donors (Lipinski definition) is 1. The first-order valence-corrected chi connectivity index (χ1v) is 6.22. The molecule has 0 aliphatic rings. The van der Waals surface area contributed by atoms with E-state index in [2.05, 4.69) is 16.2 Å². The van der Waals surface area contributed by atoms with Crippen LogP contribution < -0.4 is 0 Å². The Bertz CT molecular complexity index is 390. The molecule has 0 aromatic carbocycles. The Balaban J connectivity index is 2.92. The first kappa shape index (κ1) is 13.8. The molecule has 0 saturated heterocycles. The van der Waals surface area contributed by atoms with Gasteiger partial charge in [0.15, 0.2) is 0 Å². The minimum absolute atomic E-state index is 0.0666. The number of hydrogen-bond acceptors (Lipinski definition) is 5. The van der Waals surface area contributed by atoms with E-state index in [0.717, 1.165) is 11.5 Å². The maximum atomic E-state index is 12.2. The molecule has 1 aromatic heterocycles. The molecule has 0 aliphatic heterocycles. The minimum Gasteiger partial charge on any atom is -0.395 e. The molecule has 0 radical (unpaired) electrons. The van der Waals surface area contributed by atoms with Crippen LogP contribution in [-0.4, -0.2) is 45.2 Å². The van der Waals surface area contributed by atoms with Gasteiger partial charge in [0.25, 0.3) is 5.91 Å². The van der Waals surface area contributed by atoms with Gasteiger partial charge in [0.2, 0.25) is 0 Å². The first-order valence-electron chi connectivity index (χ1n) is 5.45. The fourth-order valence-corrected chi connectivity index (χ4v) is 2.21. The SMILES string of the molecule is C=CCN(CCO)C(=O)c1snnc1C(C)C. The van der Waals surface area contributed by atoms with Crippen LogP contribution in [0.5, 0.6) is 0 Å². The van der Waals surface area contributed by atoms with Crippen LogP contribution in [0.1, 0.15) is 35.1 Å². The number of aliphatic hydroxyl groups excluding tert-OH is 1. The van der Waals surface area contributed by atoms with Gasteiger partial charge < -0.3 is 10.0 Å². The molecule has 94 valence electrons. The number of rotatable bonds is 6. The molecule has 0 unspecified atom stereocenters. The molecule has 0 bridgehead atoms. The molecule has 6 heteroatoms. The number of nitrogens with zero attached hydrogens (tertiary/aromatic N) is 3. The largest absolute Gasteiger partial charge is 0.395 e. The quantitative estimate of drug-likeness (QED) is 0.778. The molecule has 0 saturated carbocycles. The first-order chi connectivity index (χ1) is 8.11. The van der Waals surface area contributed by atoms with E-state index in [4.69, 9.17) is 5.11 Å². The van der Waals surface area contributed by atoms with Crippen LogP contribution in [0.3, 0.4) is 0 Å². The summed E-state index contributed by atoms with van der Waals surface area (Å²) in [6.45, 7) is 8.18. The molecule has 1 amide bonds. The van der Waals surface area contributed by atoms with E-state index in [9.17, 15) is 4.79 Å². The van der Waals surface area contributed by atoms with Crippen LogP contribution in [-0.2, 0) is 0 Å². The standard InChI is InChI=1S/C11H17N3O2S/c1-4-5-14(6-7-15)11(16)10-9(8(2)3)12-13-17-10/h4,8,15H,1,5-7H2,2-3H3. The van der Waals surface area contributed by atoms with Gasteiger partial charge in [-0.15, -0.1) is 11.7 Å². The normalized spacial score (nSPS) is 10.6. The average molecular weight is 255 g/mol. The summed E-state index contributed by atoms with van der Waals surface area (Å²) in [6.07, 6.45) is 1.64. The lowest BCUT2D eigenvalue weighted by molar-refractivity contribution is 0.0746. The molecule has 0 atom stereocenters. The molecule has 0 aliphatic carbocycles. The lowest BCUT2D eigenvalue weighted by atomic mass is 10.1. The molecule has 17 heavy (non-hydrogen) atoms. The van der Waals surface area contributed by atoms with Crippen molar-refractivity contribution >= 4 is 17.4 Å². The topological polar surface area (TPSA) is 66.3 Å². The maximum Gasteiger partial charge on any atom is 0.267 e. The predicted octanol–water partition coefficient (Wildman–Crippen LogP) is 1.28. The molecule has 0 spiro atoms. The van der Waals surface area contributed by atoms with Crippen molar-refractivity contribution in [1.82, 2.24) is 14.5 Å². The van der Waals surface area contributed by atoms with Crippen LogP contribution in [0.25, 0.3) is 0 Å². The average Bonchev–Trinajstić information content (AvgIpc) is 2.76. The Hall–Kier alpha value is -1.27. The van der Waals surface area contributed by atoms with E-state index in [-0.39, 0.29) is 18.4 Å². The summed E-state index contributed by atoms with van der Waals surface area (Å²) in [6, 6.07) is 0. The molecule has 5 nitrogen and oxygen atoms in total. The second-order valence-electron chi connectivity index (χ2n) is 3.91. The lowest BCUT2D eigenvalue weighted by Gasteiger charge is -2.19. The van der Waals surface area contributed by atoms with E-state index in [1.165, 1.54) is 4.90 Å². The van der Waals surface area contributed by atoms with Gasteiger partial charge >= 0.3 is 0 Å². The fourth-order valence-electron chi connectivity index (χ4n) is 1.42. The number of amides is 1. The molecule has 1 N–H and O–H groups in total. The van der Waals surface area contributed by atoms with Gasteiger partial charge in [0.1, 0.15) is 4.88 Å². The Morgan fingerprint density at radius 3 is 2.88 bits per heavy atom. The van der Waals surface area contributed by atoms with Gasteiger partial charge in [-0.05, 0) is 17.5 Å². The van der Waals surface area contributed by atoms with Crippen LogP contribution in [0, 0.1) is 0 Å².